The molecule has 2 N–H and O–H groups in total. The molecule has 0 saturated heterocycles. The summed E-state index contributed by atoms with van der Waals surface area (Å²) in [6, 6.07) is 0. The number of likely N-dealkylation sites (N-methyl/N-ethyl adjacent to an activating group) is 1. The average molecular weight is 173 g/mol. The van der Waals surface area contributed by atoms with Crippen LogP contribution in [0.15, 0.2) is 11.1 Å². The number of carboxylic acid groups (broad SMARTS) is 1. The van der Waals surface area contributed by atoms with E-state index in [9.17, 15) is 9.59 Å². The minimum atomic E-state index is -1.16. The van der Waals surface area contributed by atoms with E-state index in [0.717, 1.165) is 7.05 Å². The summed E-state index contributed by atoms with van der Waals surface area (Å²) in [5.41, 5.74) is -0.0478. The van der Waals surface area contributed by atoms with Gasteiger partial charge in [-0.2, -0.15) is 0 Å². The Labute approximate surface area is 69.9 Å². The first kappa shape index (κ1) is 10.6. The van der Waals surface area contributed by atoms with E-state index in [2.05, 4.69) is 0 Å². The van der Waals surface area contributed by atoms with Gasteiger partial charge in [0.15, 0.2) is 0 Å². The molecule has 0 spiro atoms. The van der Waals surface area contributed by atoms with Crippen LogP contribution in [0.5, 0.6) is 0 Å². The molecule has 5 heteroatoms. The summed E-state index contributed by atoms with van der Waals surface area (Å²) >= 11 is 0. The Morgan fingerprint density at radius 1 is 1.17 bits per heavy atom. The zero-order chi connectivity index (χ0) is 9.89. The fraction of sp³-hybridized carbons (Fsp3) is 0.429. The highest BCUT2D eigenvalue weighted by atomic mass is 16.5. The monoisotopic (exact) mass is 173 g/mol. The first-order valence-electron chi connectivity index (χ1n) is 3.25. The van der Waals surface area contributed by atoms with Crippen LogP contribution in [0.3, 0.4) is 0 Å². The van der Waals surface area contributed by atoms with Crippen LogP contribution in [0, 0.1) is 0 Å². The van der Waals surface area contributed by atoms with E-state index in [1.54, 1.807) is 0 Å². The lowest BCUT2D eigenvalue weighted by molar-refractivity contribution is -0.154. The zero-order valence-corrected chi connectivity index (χ0v) is 7.16. The van der Waals surface area contributed by atoms with Crippen molar-refractivity contribution >= 4 is 11.9 Å². The number of carbonyl (C=O) groups excluding carboxylic acids is 1. The van der Waals surface area contributed by atoms with Gasteiger partial charge in [0, 0.05) is 18.2 Å². The highest BCUT2D eigenvalue weighted by molar-refractivity contribution is 6.00. The van der Waals surface area contributed by atoms with Gasteiger partial charge in [-0.25, -0.2) is 9.86 Å². The Morgan fingerprint density at radius 2 is 1.58 bits per heavy atom. The minimum Gasteiger partial charge on any atom is -0.478 e. The third-order valence-electron chi connectivity index (χ3n) is 1.50. The van der Waals surface area contributed by atoms with Crippen LogP contribution in [0.25, 0.3) is 0 Å². The van der Waals surface area contributed by atoms with Gasteiger partial charge in [-0.1, -0.05) is 0 Å². The van der Waals surface area contributed by atoms with Gasteiger partial charge in [0.2, 0.25) is 0 Å². The van der Waals surface area contributed by atoms with E-state index in [4.69, 9.17) is 10.3 Å². The lowest BCUT2D eigenvalue weighted by atomic mass is 10.1. The van der Waals surface area contributed by atoms with Crippen LogP contribution in [0.4, 0.5) is 0 Å². The molecule has 12 heavy (non-hydrogen) atoms. The van der Waals surface area contributed by atoms with Gasteiger partial charge in [0.1, 0.15) is 0 Å². The number of carbonyl (C=O) groups is 2. The molecule has 0 aliphatic heterocycles. The van der Waals surface area contributed by atoms with E-state index in [-0.39, 0.29) is 11.1 Å². The molecular weight excluding hydrogens is 162 g/mol. The Balaban J connectivity index is 4.79. The summed E-state index contributed by atoms with van der Waals surface area (Å²) < 4.78 is 0. The van der Waals surface area contributed by atoms with Gasteiger partial charge in [-0.05, 0) is 13.8 Å². The second kappa shape index (κ2) is 3.87. The summed E-state index contributed by atoms with van der Waals surface area (Å²) in [6.45, 7) is 2.65. The maximum absolute atomic E-state index is 10.9. The van der Waals surface area contributed by atoms with E-state index in [1.807, 2.05) is 0 Å². The minimum absolute atomic E-state index is 0.0208. The standard InChI is InChI=1S/C7H11NO4/c1-4(5(2)7(10)11)6(9)8(3)12/h12H,1-3H3,(H,10,11)/b5-4+. The summed E-state index contributed by atoms with van der Waals surface area (Å²) in [6.07, 6.45) is 0. The number of rotatable bonds is 2. The maximum atomic E-state index is 10.9. The second-order valence-corrected chi connectivity index (χ2v) is 2.38. The zero-order valence-electron chi connectivity index (χ0n) is 7.16. The summed E-state index contributed by atoms with van der Waals surface area (Å²) in [4.78, 5) is 21.3. The van der Waals surface area contributed by atoms with Crippen LogP contribution < -0.4 is 0 Å². The molecule has 0 aliphatic rings. The molecule has 0 unspecified atom stereocenters. The largest absolute Gasteiger partial charge is 0.478 e. The molecule has 0 aromatic heterocycles. The molecule has 0 aromatic rings. The van der Waals surface area contributed by atoms with E-state index >= 15 is 0 Å². The van der Waals surface area contributed by atoms with Crippen molar-refractivity contribution in [1.29, 1.82) is 0 Å². The molecule has 0 heterocycles. The van der Waals surface area contributed by atoms with Crippen LogP contribution in [0.2, 0.25) is 0 Å². The van der Waals surface area contributed by atoms with Crippen LogP contribution in [-0.2, 0) is 9.59 Å². The van der Waals surface area contributed by atoms with Crippen LogP contribution >= 0.6 is 0 Å². The molecule has 0 rings (SSSR count). The highest BCUT2D eigenvalue weighted by Gasteiger charge is 2.14. The smallest absolute Gasteiger partial charge is 0.331 e. The fourth-order valence-corrected chi connectivity index (χ4v) is 0.564. The molecule has 1 amide bonds. The molecule has 0 bridgehead atoms. The van der Waals surface area contributed by atoms with Crippen molar-refractivity contribution < 1.29 is 19.9 Å². The Kier molecular flexibility index (Phi) is 3.43. The van der Waals surface area contributed by atoms with E-state index < -0.39 is 11.9 Å². The average Bonchev–Trinajstić information content (AvgIpc) is 2.00. The number of carboxylic acids is 1. The molecule has 0 aliphatic carbocycles. The van der Waals surface area contributed by atoms with Gasteiger partial charge < -0.3 is 5.11 Å². The molecule has 0 aromatic carbocycles. The predicted molar refractivity (Wildman–Crippen MR) is 40.6 cm³/mol. The topological polar surface area (TPSA) is 77.8 Å². The number of hydrogen-bond acceptors (Lipinski definition) is 3. The first-order valence-corrected chi connectivity index (χ1v) is 3.25. The van der Waals surface area contributed by atoms with Gasteiger partial charge in [-0.3, -0.25) is 10.0 Å². The fourth-order valence-electron chi connectivity index (χ4n) is 0.564. The predicted octanol–water partition coefficient (Wildman–Crippen LogP) is 0.255. The van der Waals surface area contributed by atoms with E-state index in [0.29, 0.717) is 5.06 Å². The Hall–Kier alpha value is -1.36. The van der Waals surface area contributed by atoms with Crippen molar-refractivity contribution in [1.82, 2.24) is 5.06 Å². The van der Waals surface area contributed by atoms with Crippen molar-refractivity contribution in [3.8, 4) is 0 Å². The first-order chi connectivity index (χ1) is 5.37. The SMILES string of the molecule is C/C(C(=O)O)=C(/C)C(=O)N(C)O. The van der Waals surface area contributed by atoms with Gasteiger partial charge in [0.25, 0.3) is 5.91 Å². The number of hydrogen-bond donors (Lipinski definition) is 2. The lowest BCUT2D eigenvalue weighted by Gasteiger charge is -2.09. The van der Waals surface area contributed by atoms with Crippen molar-refractivity contribution in [2.75, 3.05) is 7.05 Å². The molecule has 0 radical (unpaired) electrons. The quantitative estimate of drug-likeness (QED) is 0.356. The highest BCUT2D eigenvalue weighted by Crippen LogP contribution is 2.05. The van der Waals surface area contributed by atoms with Crippen molar-refractivity contribution in [3.05, 3.63) is 11.1 Å². The number of hydroxylamine groups is 2. The maximum Gasteiger partial charge on any atom is 0.331 e. The van der Waals surface area contributed by atoms with Crippen molar-refractivity contribution in [2.45, 2.75) is 13.8 Å². The van der Waals surface area contributed by atoms with Crippen molar-refractivity contribution in [3.63, 3.8) is 0 Å². The van der Waals surface area contributed by atoms with Gasteiger partial charge in [-0.15, -0.1) is 0 Å². The summed E-state index contributed by atoms with van der Waals surface area (Å²) in [5.74, 6) is -1.88. The molecule has 5 nitrogen and oxygen atoms in total. The second-order valence-electron chi connectivity index (χ2n) is 2.38. The molecule has 0 fully saturated rings. The summed E-state index contributed by atoms with van der Waals surface area (Å²) in [5, 5.41) is 17.5. The molecule has 0 atom stereocenters. The third kappa shape index (κ3) is 2.35. The van der Waals surface area contributed by atoms with E-state index in [1.165, 1.54) is 13.8 Å². The number of nitrogens with zero attached hydrogens (tertiary/aromatic N) is 1. The summed E-state index contributed by atoms with van der Waals surface area (Å²) in [7, 11) is 1.14. The molecule has 68 valence electrons. The van der Waals surface area contributed by atoms with Gasteiger partial charge >= 0.3 is 5.97 Å². The number of aliphatic carboxylic acids is 1. The van der Waals surface area contributed by atoms with Crippen LogP contribution in [-0.4, -0.2) is 34.3 Å². The number of amides is 1. The lowest BCUT2D eigenvalue weighted by Crippen LogP contribution is -2.24. The molecule has 0 saturated carbocycles. The molecular formula is C7H11NO4. The van der Waals surface area contributed by atoms with Crippen LogP contribution in [0.1, 0.15) is 13.8 Å². The third-order valence-corrected chi connectivity index (χ3v) is 1.50. The van der Waals surface area contributed by atoms with Crippen molar-refractivity contribution in [2.24, 2.45) is 0 Å². The Bertz CT molecular complexity index is 242. The normalized spacial score (nSPS) is 12.0. The Morgan fingerprint density at radius 3 is 1.83 bits per heavy atom. The van der Waals surface area contributed by atoms with Gasteiger partial charge in [0.05, 0.1) is 0 Å².